The average molecular weight is 311 g/mol. The third-order valence-corrected chi connectivity index (χ3v) is 6.13. The van der Waals surface area contributed by atoms with E-state index in [4.69, 9.17) is 4.74 Å². The van der Waals surface area contributed by atoms with Crippen LogP contribution >= 0.6 is 0 Å². The van der Waals surface area contributed by atoms with Crippen LogP contribution in [0.2, 0.25) is 0 Å². The Kier molecular flexibility index (Phi) is 5.41. The number of nitrogens with one attached hydrogen (secondary N) is 1. The Morgan fingerprint density at radius 2 is 2.05 bits per heavy atom. The quantitative estimate of drug-likeness (QED) is 0.783. The van der Waals surface area contributed by atoms with Gasteiger partial charge < -0.3 is 10.1 Å². The number of ether oxygens (including phenoxy) is 1. The van der Waals surface area contributed by atoms with E-state index in [9.17, 15) is 8.42 Å². The van der Waals surface area contributed by atoms with Crippen LogP contribution in [0, 0.1) is 11.8 Å². The molecular formula is C16H25NO3S. The molecule has 1 N–H and O–H groups in total. The van der Waals surface area contributed by atoms with Gasteiger partial charge in [0.1, 0.15) is 0 Å². The second kappa shape index (κ2) is 6.90. The Bertz CT molecular complexity index is 569. The molecule has 0 saturated carbocycles. The first-order valence-corrected chi connectivity index (χ1v) is 9.14. The highest BCUT2D eigenvalue weighted by Crippen LogP contribution is 2.41. The highest BCUT2D eigenvalue weighted by molar-refractivity contribution is 7.91. The van der Waals surface area contributed by atoms with E-state index in [-0.39, 0.29) is 11.7 Å². The summed E-state index contributed by atoms with van der Waals surface area (Å²) >= 11 is 0. The van der Waals surface area contributed by atoms with Crippen molar-refractivity contribution in [2.75, 3.05) is 32.6 Å². The second-order valence-corrected chi connectivity index (χ2v) is 8.03. The van der Waals surface area contributed by atoms with Gasteiger partial charge in [-0.2, -0.15) is 0 Å². The molecular weight excluding hydrogens is 286 g/mol. The minimum Gasteiger partial charge on any atom is -0.383 e. The van der Waals surface area contributed by atoms with Gasteiger partial charge in [0.15, 0.2) is 9.84 Å². The molecule has 5 heteroatoms. The van der Waals surface area contributed by atoms with Gasteiger partial charge in [-0.3, -0.25) is 0 Å². The van der Waals surface area contributed by atoms with Crippen molar-refractivity contribution in [2.24, 2.45) is 11.8 Å². The standard InChI is InChI=1S/C16H25NO3S/c1-12(2)14(10-17-8-9-20-3)15-11-21(18,19)16-7-5-4-6-13(15)16/h4-7,12,14-15,17H,8-11H2,1-3H3. The molecule has 0 aliphatic carbocycles. The van der Waals surface area contributed by atoms with Crippen molar-refractivity contribution in [3.05, 3.63) is 29.8 Å². The lowest BCUT2D eigenvalue weighted by atomic mass is 9.80. The van der Waals surface area contributed by atoms with Crippen molar-refractivity contribution in [2.45, 2.75) is 24.7 Å². The predicted molar refractivity (Wildman–Crippen MR) is 84.3 cm³/mol. The first-order valence-electron chi connectivity index (χ1n) is 7.48. The molecule has 2 atom stereocenters. The molecule has 0 aromatic heterocycles. The minimum atomic E-state index is -3.12. The summed E-state index contributed by atoms with van der Waals surface area (Å²) < 4.78 is 29.7. The summed E-state index contributed by atoms with van der Waals surface area (Å²) in [4.78, 5) is 0.526. The summed E-state index contributed by atoms with van der Waals surface area (Å²) in [5, 5.41) is 3.38. The molecule has 1 aliphatic rings. The third-order valence-electron chi connectivity index (χ3n) is 4.29. The van der Waals surface area contributed by atoms with Crippen LogP contribution in [0.4, 0.5) is 0 Å². The lowest BCUT2D eigenvalue weighted by Gasteiger charge is -2.27. The van der Waals surface area contributed by atoms with Crippen molar-refractivity contribution >= 4 is 9.84 Å². The summed E-state index contributed by atoms with van der Waals surface area (Å²) in [7, 11) is -1.44. The van der Waals surface area contributed by atoms with Gasteiger partial charge in [0.05, 0.1) is 17.3 Å². The van der Waals surface area contributed by atoms with Gasteiger partial charge in [-0.1, -0.05) is 32.0 Å². The topological polar surface area (TPSA) is 55.4 Å². The Morgan fingerprint density at radius 3 is 2.71 bits per heavy atom. The molecule has 1 heterocycles. The number of hydrogen-bond donors (Lipinski definition) is 1. The summed E-state index contributed by atoms with van der Waals surface area (Å²) in [6.07, 6.45) is 0. The number of sulfone groups is 1. The van der Waals surface area contributed by atoms with E-state index in [1.807, 2.05) is 12.1 Å². The number of fused-ring (bicyclic) bond motifs is 1. The monoisotopic (exact) mass is 311 g/mol. The third kappa shape index (κ3) is 3.65. The van der Waals surface area contributed by atoms with Gasteiger partial charge >= 0.3 is 0 Å². The molecule has 1 aromatic carbocycles. The van der Waals surface area contributed by atoms with Crippen LogP contribution in [0.25, 0.3) is 0 Å². The first-order chi connectivity index (χ1) is 9.97. The predicted octanol–water partition coefficient (Wildman–Crippen LogP) is 2.07. The normalized spacial score (nSPS) is 21.4. The van der Waals surface area contributed by atoms with E-state index in [0.717, 1.165) is 18.7 Å². The molecule has 2 rings (SSSR count). The minimum absolute atomic E-state index is 0.0845. The fourth-order valence-corrected chi connectivity index (χ4v) is 5.07. The average Bonchev–Trinajstić information content (AvgIpc) is 2.71. The Morgan fingerprint density at radius 1 is 1.33 bits per heavy atom. The van der Waals surface area contributed by atoms with Gasteiger partial charge in [-0.15, -0.1) is 0 Å². The largest absolute Gasteiger partial charge is 0.383 e. The van der Waals surface area contributed by atoms with Crippen LogP contribution in [0.5, 0.6) is 0 Å². The highest BCUT2D eigenvalue weighted by atomic mass is 32.2. The SMILES string of the molecule is COCCNCC(C(C)C)C1CS(=O)(=O)c2ccccc21. The lowest BCUT2D eigenvalue weighted by molar-refractivity contribution is 0.194. The van der Waals surface area contributed by atoms with Crippen LogP contribution in [0.1, 0.15) is 25.3 Å². The van der Waals surface area contributed by atoms with Crippen LogP contribution in [0.15, 0.2) is 29.2 Å². The molecule has 0 amide bonds. The Hall–Kier alpha value is -0.910. The van der Waals surface area contributed by atoms with Crippen molar-refractivity contribution in [3.8, 4) is 0 Å². The van der Waals surface area contributed by atoms with Crippen molar-refractivity contribution in [1.29, 1.82) is 0 Å². The van der Waals surface area contributed by atoms with Gasteiger partial charge in [0.25, 0.3) is 0 Å². The van der Waals surface area contributed by atoms with E-state index in [1.54, 1.807) is 19.2 Å². The molecule has 21 heavy (non-hydrogen) atoms. The van der Waals surface area contributed by atoms with E-state index < -0.39 is 9.84 Å². The van der Waals surface area contributed by atoms with Gasteiger partial charge in [0, 0.05) is 19.6 Å². The zero-order valence-corrected chi connectivity index (χ0v) is 13.8. The van der Waals surface area contributed by atoms with Gasteiger partial charge in [0.2, 0.25) is 0 Å². The van der Waals surface area contributed by atoms with Crippen LogP contribution < -0.4 is 5.32 Å². The lowest BCUT2D eigenvalue weighted by Crippen LogP contribution is -2.33. The van der Waals surface area contributed by atoms with Crippen LogP contribution in [-0.4, -0.2) is 41.0 Å². The van der Waals surface area contributed by atoms with E-state index in [0.29, 0.717) is 23.3 Å². The molecule has 1 aromatic rings. The van der Waals surface area contributed by atoms with Crippen molar-refractivity contribution in [1.82, 2.24) is 5.32 Å². The summed E-state index contributed by atoms with van der Waals surface area (Å²) in [5.74, 6) is 1.05. The molecule has 0 spiro atoms. The van der Waals surface area contributed by atoms with Gasteiger partial charge in [-0.05, 0) is 30.0 Å². The smallest absolute Gasteiger partial charge is 0.179 e. The molecule has 1 aliphatic heterocycles. The first kappa shape index (κ1) is 16.5. The summed E-state index contributed by atoms with van der Waals surface area (Å²) in [6.45, 7) is 6.60. The number of hydrogen-bond acceptors (Lipinski definition) is 4. The Labute approximate surface area is 127 Å². The van der Waals surface area contributed by atoms with Crippen LogP contribution in [-0.2, 0) is 14.6 Å². The fourth-order valence-electron chi connectivity index (χ4n) is 3.13. The maximum Gasteiger partial charge on any atom is 0.179 e. The zero-order valence-electron chi connectivity index (χ0n) is 13.0. The maximum absolute atomic E-state index is 12.3. The van der Waals surface area contributed by atoms with Crippen molar-refractivity contribution in [3.63, 3.8) is 0 Å². The molecule has 0 saturated heterocycles. The second-order valence-electron chi connectivity index (χ2n) is 6.03. The van der Waals surface area contributed by atoms with Crippen molar-refractivity contribution < 1.29 is 13.2 Å². The van der Waals surface area contributed by atoms with Gasteiger partial charge in [-0.25, -0.2) is 8.42 Å². The highest BCUT2D eigenvalue weighted by Gasteiger charge is 2.39. The molecule has 0 fully saturated rings. The number of methoxy groups -OCH3 is 1. The van der Waals surface area contributed by atoms with E-state index >= 15 is 0 Å². The molecule has 0 bridgehead atoms. The molecule has 4 nitrogen and oxygen atoms in total. The number of benzene rings is 1. The van der Waals surface area contributed by atoms with Crippen LogP contribution in [0.3, 0.4) is 0 Å². The summed E-state index contributed by atoms with van der Waals surface area (Å²) in [6, 6.07) is 7.44. The molecule has 2 unspecified atom stereocenters. The Balaban J connectivity index is 2.18. The zero-order chi connectivity index (χ0) is 15.5. The van der Waals surface area contributed by atoms with E-state index in [2.05, 4.69) is 19.2 Å². The summed E-state index contributed by atoms with van der Waals surface area (Å²) in [5.41, 5.74) is 0.991. The fraction of sp³-hybridized carbons (Fsp3) is 0.625. The van der Waals surface area contributed by atoms with E-state index in [1.165, 1.54) is 0 Å². The molecule has 118 valence electrons. The maximum atomic E-state index is 12.3. The molecule has 0 radical (unpaired) electrons. The number of rotatable bonds is 7.